The molecule has 0 aromatic heterocycles. The summed E-state index contributed by atoms with van der Waals surface area (Å²) in [5.74, 6) is -0.147. The fourth-order valence-corrected chi connectivity index (χ4v) is 4.67. The topological polar surface area (TPSA) is 85.8 Å². The van der Waals surface area contributed by atoms with E-state index in [2.05, 4.69) is 13.0 Å². The number of aliphatic hydroxyl groups excluding tert-OH is 2. The highest BCUT2D eigenvalue weighted by molar-refractivity contribution is 7.80. The molecule has 1 fully saturated rings. The Morgan fingerprint density at radius 3 is 2.89 bits per heavy atom. The second kappa shape index (κ2) is 11.0. The molecular weight excluding hydrogens is 372 g/mol. The molecule has 1 saturated carbocycles. The van der Waals surface area contributed by atoms with E-state index in [0.717, 1.165) is 57.1 Å². The maximum atomic E-state index is 10.5. The summed E-state index contributed by atoms with van der Waals surface area (Å²) in [6.07, 6.45) is 10.1. The molecule has 6 heteroatoms. The number of fused-ring (bicyclic) bond motifs is 1. The summed E-state index contributed by atoms with van der Waals surface area (Å²) in [6, 6.07) is 2.38. The first-order valence-electron chi connectivity index (χ1n) is 10.6. The zero-order valence-electron chi connectivity index (χ0n) is 17.1. The third kappa shape index (κ3) is 5.85. The Balaban J connectivity index is 1.95. The molecule has 2 aliphatic rings. The highest BCUT2D eigenvalue weighted by Crippen LogP contribution is 2.49. The number of aliphatic hydroxyl groups is 2. The standard InChI is InChI=1S/C22H34N2O3S/c1-3-5-6-9-17(25)11-12-18-19-13-16(8-7-10-21(28)27-4-2)24-22(19,15-23)14-20(18)26/h11-12,17-20,25-26H,3-10,13-14H2,1-2H3/t17-,18?,19?,20?,22?/m0/s1. The molecule has 4 unspecified atom stereocenters. The minimum absolute atomic E-state index is 0.0135. The van der Waals surface area contributed by atoms with Gasteiger partial charge in [0.15, 0.2) is 10.6 Å². The molecule has 0 radical (unpaired) electrons. The van der Waals surface area contributed by atoms with E-state index < -0.39 is 17.7 Å². The van der Waals surface area contributed by atoms with Gasteiger partial charge in [-0.3, -0.25) is 4.99 Å². The minimum atomic E-state index is -0.822. The van der Waals surface area contributed by atoms with Crippen LogP contribution in [0.25, 0.3) is 0 Å². The van der Waals surface area contributed by atoms with Gasteiger partial charge in [-0.1, -0.05) is 38.3 Å². The Hall–Kier alpha value is -1.29. The smallest absolute Gasteiger partial charge is 0.159 e. The van der Waals surface area contributed by atoms with Crippen molar-refractivity contribution in [2.24, 2.45) is 16.8 Å². The van der Waals surface area contributed by atoms with Gasteiger partial charge in [-0.25, -0.2) is 0 Å². The number of thiocarbonyl (C=S) groups is 1. The summed E-state index contributed by atoms with van der Waals surface area (Å²) >= 11 is 5.17. The average molecular weight is 407 g/mol. The van der Waals surface area contributed by atoms with Crippen LogP contribution in [0.15, 0.2) is 17.1 Å². The molecule has 2 rings (SSSR count). The molecular formula is C22H34N2O3S. The van der Waals surface area contributed by atoms with Crippen molar-refractivity contribution in [2.45, 2.75) is 89.4 Å². The molecule has 5 atom stereocenters. The highest BCUT2D eigenvalue weighted by atomic mass is 32.1. The summed E-state index contributed by atoms with van der Waals surface area (Å²) in [5, 5.41) is 31.1. The molecule has 0 bridgehead atoms. The fourth-order valence-electron chi connectivity index (χ4n) is 4.41. The lowest BCUT2D eigenvalue weighted by Crippen LogP contribution is -2.27. The number of hydrogen-bond donors (Lipinski definition) is 2. The van der Waals surface area contributed by atoms with E-state index >= 15 is 0 Å². The molecule has 1 heterocycles. The number of aliphatic imine (C=N–C) groups is 1. The monoisotopic (exact) mass is 406 g/mol. The normalized spacial score (nSPS) is 30.1. The maximum Gasteiger partial charge on any atom is 0.159 e. The van der Waals surface area contributed by atoms with Crippen LogP contribution in [0.3, 0.4) is 0 Å². The summed E-state index contributed by atoms with van der Waals surface area (Å²) < 4.78 is 5.32. The first-order valence-corrected chi connectivity index (χ1v) is 11.1. The third-order valence-corrected chi connectivity index (χ3v) is 6.18. The Kier molecular flexibility index (Phi) is 9.07. The predicted octanol–water partition coefficient (Wildman–Crippen LogP) is 4.12. The Morgan fingerprint density at radius 2 is 2.21 bits per heavy atom. The summed E-state index contributed by atoms with van der Waals surface area (Å²) in [4.78, 5) is 4.75. The second-order valence-electron chi connectivity index (χ2n) is 7.98. The first kappa shape index (κ1) is 23.0. The van der Waals surface area contributed by atoms with Gasteiger partial charge >= 0.3 is 0 Å². The van der Waals surface area contributed by atoms with Crippen LogP contribution in [0.2, 0.25) is 0 Å². The molecule has 1 aliphatic heterocycles. The van der Waals surface area contributed by atoms with Crippen LogP contribution in [0, 0.1) is 23.2 Å². The van der Waals surface area contributed by atoms with Crippen molar-refractivity contribution >= 4 is 23.0 Å². The van der Waals surface area contributed by atoms with Crippen molar-refractivity contribution in [2.75, 3.05) is 6.61 Å². The van der Waals surface area contributed by atoms with E-state index in [1.807, 2.05) is 13.0 Å². The first-order chi connectivity index (χ1) is 13.5. The van der Waals surface area contributed by atoms with E-state index in [4.69, 9.17) is 21.9 Å². The molecule has 5 nitrogen and oxygen atoms in total. The number of unbranched alkanes of at least 4 members (excludes halogenated alkanes) is 2. The van der Waals surface area contributed by atoms with Gasteiger partial charge < -0.3 is 14.9 Å². The Labute approximate surface area is 174 Å². The molecule has 2 N–H and O–H groups in total. The molecule has 0 aromatic carbocycles. The molecule has 28 heavy (non-hydrogen) atoms. The van der Waals surface area contributed by atoms with E-state index in [1.165, 1.54) is 0 Å². The zero-order valence-corrected chi connectivity index (χ0v) is 18.0. The average Bonchev–Trinajstić information content (AvgIpc) is 3.12. The zero-order chi connectivity index (χ0) is 20.6. The van der Waals surface area contributed by atoms with Crippen LogP contribution in [-0.4, -0.2) is 45.3 Å². The molecule has 0 saturated heterocycles. The van der Waals surface area contributed by atoms with Crippen molar-refractivity contribution < 1.29 is 14.9 Å². The van der Waals surface area contributed by atoms with Gasteiger partial charge in [-0.05, 0) is 44.8 Å². The van der Waals surface area contributed by atoms with Crippen molar-refractivity contribution in [3.63, 3.8) is 0 Å². The number of nitrogens with zero attached hydrogens (tertiary/aromatic N) is 2. The maximum absolute atomic E-state index is 10.5. The quantitative estimate of drug-likeness (QED) is 0.306. The molecule has 0 aromatic rings. The predicted molar refractivity (Wildman–Crippen MR) is 115 cm³/mol. The number of rotatable bonds is 11. The van der Waals surface area contributed by atoms with Gasteiger partial charge in [0.25, 0.3) is 0 Å². The largest absolute Gasteiger partial charge is 0.487 e. The van der Waals surface area contributed by atoms with E-state index in [9.17, 15) is 15.5 Å². The van der Waals surface area contributed by atoms with Gasteiger partial charge in [-0.2, -0.15) is 5.26 Å². The fraction of sp³-hybridized carbons (Fsp3) is 0.773. The van der Waals surface area contributed by atoms with E-state index in [-0.39, 0.29) is 11.8 Å². The lowest BCUT2D eigenvalue weighted by atomic mass is 9.83. The van der Waals surface area contributed by atoms with Gasteiger partial charge in [0, 0.05) is 30.4 Å². The van der Waals surface area contributed by atoms with Gasteiger partial charge in [0.05, 0.1) is 24.9 Å². The van der Waals surface area contributed by atoms with Crippen molar-refractivity contribution in [1.29, 1.82) is 5.26 Å². The van der Waals surface area contributed by atoms with Crippen LogP contribution in [0.1, 0.15) is 71.6 Å². The second-order valence-corrected chi connectivity index (χ2v) is 8.44. The van der Waals surface area contributed by atoms with Crippen LogP contribution in [0.5, 0.6) is 0 Å². The molecule has 0 amide bonds. The molecule has 0 spiro atoms. The number of nitriles is 1. The highest BCUT2D eigenvalue weighted by Gasteiger charge is 2.56. The SMILES string of the molecule is CCCCC[C@H](O)C=CC1C(O)CC2(C#N)N=C(CCCC(=S)OCC)CC12. The lowest BCUT2D eigenvalue weighted by molar-refractivity contribution is 0.140. The van der Waals surface area contributed by atoms with E-state index in [0.29, 0.717) is 18.1 Å². The minimum Gasteiger partial charge on any atom is -0.487 e. The molecule has 1 aliphatic carbocycles. The Bertz CT molecular complexity index is 628. The van der Waals surface area contributed by atoms with Gasteiger partial charge in [-0.15, -0.1) is 0 Å². The van der Waals surface area contributed by atoms with Crippen LogP contribution in [0.4, 0.5) is 0 Å². The number of hydrogen-bond acceptors (Lipinski definition) is 6. The summed E-state index contributed by atoms with van der Waals surface area (Å²) in [7, 11) is 0. The van der Waals surface area contributed by atoms with E-state index in [1.54, 1.807) is 6.08 Å². The Morgan fingerprint density at radius 1 is 1.43 bits per heavy atom. The van der Waals surface area contributed by atoms with Crippen molar-refractivity contribution in [3.8, 4) is 6.07 Å². The van der Waals surface area contributed by atoms with Gasteiger partial charge in [0.1, 0.15) is 0 Å². The van der Waals surface area contributed by atoms with Crippen molar-refractivity contribution in [1.82, 2.24) is 0 Å². The van der Waals surface area contributed by atoms with Crippen molar-refractivity contribution in [3.05, 3.63) is 12.2 Å². The molecule has 156 valence electrons. The van der Waals surface area contributed by atoms with Crippen LogP contribution >= 0.6 is 12.2 Å². The summed E-state index contributed by atoms with van der Waals surface area (Å²) in [6.45, 7) is 4.65. The van der Waals surface area contributed by atoms with Crippen LogP contribution < -0.4 is 0 Å². The summed E-state index contributed by atoms with van der Waals surface area (Å²) in [5.41, 5.74) is 0.219. The van der Waals surface area contributed by atoms with Gasteiger partial charge in [0.2, 0.25) is 0 Å². The number of ether oxygens (including phenoxy) is 1. The van der Waals surface area contributed by atoms with Crippen LogP contribution in [-0.2, 0) is 4.74 Å². The third-order valence-electron chi connectivity index (χ3n) is 5.86. The lowest BCUT2D eigenvalue weighted by Gasteiger charge is -2.20.